The second-order valence-electron chi connectivity index (χ2n) is 7.56. The molecule has 1 aromatic carbocycles. The Morgan fingerprint density at radius 3 is 2.80 bits per heavy atom. The number of sulfone groups is 1. The zero-order valence-corrected chi connectivity index (χ0v) is 18.5. The van der Waals surface area contributed by atoms with Gasteiger partial charge in [0, 0.05) is 20.0 Å². The number of carbonyl (C=O) groups excluding carboxylic acids is 1. The van der Waals surface area contributed by atoms with Gasteiger partial charge in [0.25, 0.3) is 0 Å². The first kappa shape index (κ1) is 21.0. The fourth-order valence-electron chi connectivity index (χ4n) is 3.60. The SMILES string of the molecule is CN(C[C@H]1COc2ccccc2O1)C(=O)CSc1nnc([C@@H]2CCS(=O)(=O)C2)n1C. The van der Waals surface area contributed by atoms with Crippen LogP contribution in [0.5, 0.6) is 11.5 Å². The van der Waals surface area contributed by atoms with Gasteiger partial charge in [0.2, 0.25) is 5.91 Å². The maximum Gasteiger partial charge on any atom is 0.232 e. The van der Waals surface area contributed by atoms with E-state index >= 15 is 0 Å². The molecule has 4 rings (SSSR count). The van der Waals surface area contributed by atoms with E-state index in [2.05, 4.69) is 10.2 Å². The number of hydrogen-bond donors (Lipinski definition) is 0. The van der Waals surface area contributed by atoms with Crippen LogP contribution in [0.4, 0.5) is 0 Å². The van der Waals surface area contributed by atoms with E-state index in [0.29, 0.717) is 42.1 Å². The first-order valence-electron chi connectivity index (χ1n) is 9.67. The number of amides is 1. The molecule has 1 amide bonds. The number of thioether (sulfide) groups is 1. The molecule has 11 heteroatoms. The Labute approximate surface area is 179 Å². The summed E-state index contributed by atoms with van der Waals surface area (Å²) in [6, 6.07) is 7.47. The van der Waals surface area contributed by atoms with Gasteiger partial charge in [-0.3, -0.25) is 4.79 Å². The van der Waals surface area contributed by atoms with Crippen molar-refractivity contribution in [3.63, 3.8) is 0 Å². The predicted molar refractivity (Wildman–Crippen MR) is 112 cm³/mol. The number of rotatable bonds is 6. The van der Waals surface area contributed by atoms with Crippen molar-refractivity contribution in [3.05, 3.63) is 30.1 Å². The third-order valence-electron chi connectivity index (χ3n) is 5.26. The van der Waals surface area contributed by atoms with E-state index in [9.17, 15) is 13.2 Å². The lowest BCUT2D eigenvalue weighted by atomic mass is 10.1. The van der Waals surface area contributed by atoms with Gasteiger partial charge in [-0.25, -0.2) is 8.42 Å². The normalized spacial score (nSPS) is 22.1. The van der Waals surface area contributed by atoms with Crippen molar-refractivity contribution in [2.45, 2.75) is 23.6 Å². The van der Waals surface area contributed by atoms with Gasteiger partial charge in [0.1, 0.15) is 12.4 Å². The van der Waals surface area contributed by atoms with Crippen LogP contribution in [0.2, 0.25) is 0 Å². The molecule has 3 heterocycles. The molecule has 2 atom stereocenters. The molecule has 0 N–H and O–H groups in total. The lowest BCUT2D eigenvalue weighted by molar-refractivity contribution is -0.128. The van der Waals surface area contributed by atoms with Crippen molar-refractivity contribution in [3.8, 4) is 11.5 Å². The largest absolute Gasteiger partial charge is 0.486 e. The average molecular weight is 453 g/mol. The molecular formula is C19H24N4O5S2. The number of hydrogen-bond acceptors (Lipinski definition) is 8. The van der Waals surface area contributed by atoms with Crippen LogP contribution >= 0.6 is 11.8 Å². The van der Waals surface area contributed by atoms with Gasteiger partial charge in [0.15, 0.2) is 32.6 Å². The molecule has 0 aliphatic carbocycles. The van der Waals surface area contributed by atoms with Gasteiger partial charge >= 0.3 is 0 Å². The zero-order valence-electron chi connectivity index (χ0n) is 16.9. The van der Waals surface area contributed by atoms with E-state index in [4.69, 9.17) is 9.47 Å². The summed E-state index contributed by atoms with van der Waals surface area (Å²) in [7, 11) is 0.550. The van der Waals surface area contributed by atoms with Gasteiger partial charge in [-0.1, -0.05) is 23.9 Å². The van der Waals surface area contributed by atoms with E-state index < -0.39 is 9.84 Å². The van der Waals surface area contributed by atoms with Crippen LogP contribution in [0.3, 0.4) is 0 Å². The fraction of sp³-hybridized carbons (Fsp3) is 0.526. The highest BCUT2D eigenvalue weighted by atomic mass is 32.2. The maximum absolute atomic E-state index is 12.6. The molecule has 1 fully saturated rings. The summed E-state index contributed by atoms with van der Waals surface area (Å²) in [5.74, 6) is 2.37. The number of carbonyl (C=O) groups is 1. The molecule has 0 spiro atoms. The lowest BCUT2D eigenvalue weighted by Crippen LogP contribution is -2.42. The predicted octanol–water partition coefficient (Wildman–Crippen LogP) is 1.11. The van der Waals surface area contributed by atoms with Crippen molar-refractivity contribution in [2.75, 3.05) is 37.5 Å². The van der Waals surface area contributed by atoms with E-state index in [0.717, 1.165) is 0 Å². The second kappa shape index (κ2) is 8.46. The first-order chi connectivity index (χ1) is 14.3. The standard InChI is InChI=1S/C19H24N4O5S2/c1-22(9-14-10-27-15-5-3-4-6-16(15)28-14)17(24)11-29-19-21-20-18(23(19)2)13-7-8-30(25,26)12-13/h3-6,13-14H,7-12H2,1-2H3/t13-,14+/m1/s1. The number of ether oxygens (including phenoxy) is 2. The fourth-order valence-corrected chi connectivity index (χ4v) is 6.20. The number of aromatic nitrogens is 3. The molecule has 30 heavy (non-hydrogen) atoms. The third-order valence-corrected chi connectivity index (χ3v) is 8.03. The van der Waals surface area contributed by atoms with Crippen LogP contribution in [-0.4, -0.2) is 77.6 Å². The van der Waals surface area contributed by atoms with Crippen molar-refractivity contribution >= 4 is 27.5 Å². The van der Waals surface area contributed by atoms with E-state index in [-0.39, 0.29) is 35.2 Å². The number of para-hydroxylation sites is 2. The van der Waals surface area contributed by atoms with Crippen LogP contribution in [-0.2, 0) is 21.7 Å². The van der Waals surface area contributed by atoms with Gasteiger partial charge in [0.05, 0.1) is 23.8 Å². The third kappa shape index (κ3) is 4.56. The molecule has 0 saturated carbocycles. The summed E-state index contributed by atoms with van der Waals surface area (Å²) < 4.78 is 36.8. The quantitative estimate of drug-likeness (QED) is 0.601. The number of nitrogens with zero attached hydrogens (tertiary/aromatic N) is 4. The Hall–Kier alpha value is -2.27. The number of likely N-dealkylation sites (N-methyl/N-ethyl adjacent to an activating group) is 1. The van der Waals surface area contributed by atoms with E-state index in [1.807, 2.05) is 24.3 Å². The first-order valence-corrected chi connectivity index (χ1v) is 12.5. The smallest absolute Gasteiger partial charge is 0.232 e. The molecule has 0 bridgehead atoms. The van der Waals surface area contributed by atoms with Gasteiger partial charge < -0.3 is 18.9 Å². The summed E-state index contributed by atoms with van der Waals surface area (Å²) in [6.45, 7) is 0.802. The maximum atomic E-state index is 12.6. The van der Waals surface area contributed by atoms with Crippen LogP contribution in [0.1, 0.15) is 18.2 Å². The van der Waals surface area contributed by atoms with Crippen LogP contribution in [0.25, 0.3) is 0 Å². The van der Waals surface area contributed by atoms with Crippen LogP contribution in [0.15, 0.2) is 29.4 Å². The number of fused-ring (bicyclic) bond motifs is 1. The highest BCUT2D eigenvalue weighted by Crippen LogP contribution is 2.31. The molecule has 0 unspecified atom stereocenters. The summed E-state index contributed by atoms with van der Waals surface area (Å²) in [5.41, 5.74) is 0. The highest BCUT2D eigenvalue weighted by molar-refractivity contribution is 7.99. The highest BCUT2D eigenvalue weighted by Gasteiger charge is 2.32. The zero-order chi connectivity index (χ0) is 21.3. The van der Waals surface area contributed by atoms with Crippen molar-refractivity contribution in [1.29, 1.82) is 0 Å². The van der Waals surface area contributed by atoms with Crippen molar-refractivity contribution in [1.82, 2.24) is 19.7 Å². The second-order valence-corrected chi connectivity index (χ2v) is 10.7. The minimum absolute atomic E-state index is 0.0598. The van der Waals surface area contributed by atoms with Crippen molar-refractivity contribution in [2.24, 2.45) is 7.05 Å². The Morgan fingerprint density at radius 2 is 2.07 bits per heavy atom. The Bertz CT molecular complexity index is 1040. The van der Waals surface area contributed by atoms with E-state index in [1.165, 1.54) is 11.8 Å². The molecule has 9 nitrogen and oxygen atoms in total. The summed E-state index contributed by atoms with van der Waals surface area (Å²) in [6.07, 6.45) is 0.331. The van der Waals surface area contributed by atoms with Crippen LogP contribution < -0.4 is 9.47 Å². The average Bonchev–Trinajstić information content (AvgIpc) is 3.27. The molecule has 2 aromatic rings. The summed E-state index contributed by atoms with van der Waals surface area (Å²) in [4.78, 5) is 14.2. The molecule has 162 valence electrons. The molecule has 2 aliphatic heterocycles. The van der Waals surface area contributed by atoms with Crippen LogP contribution in [0, 0.1) is 0 Å². The van der Waals surface area contributed by atoms with Crippen molar-refractivity contribution < 1.29 is 22.7 Å². The summed E-state index contributed by atoms with van der Waals surface area (Å²) in [5, 5.41) is 8.91. The topological polar surface area (TPSA) is 104 Å². The molecule has 1 aromatic heterocycles. The number of benzene rings is 1. The Kier molecular flexibility index (Phi) is 5.92. The monoisotopic (exact) mass is 452 g/mol. The van der Waals surface area contributed by atoms with E-state index in [1.54, 1.807) is 23.6 Å². The minimum Gasteiger partial charge on any atom is -0.486 e. The minimum atomic E-state index is -2.99. The Morgan fingerprint density at radius 1 is 1.30 bits per heavy atom. The van der Waals surface area contributed by atoms with Gasteiger partial charge in [-0.2, -0.15) is 0 Å². The van der Waals surface area contributed by atoms with Gasteiger partial charge in [-0.15, -0.1) is 10.2 Å². The molecule has 1 saturated heterocycles. The molecular weight excluding hydrogens is 428 g/mol. The summed E-state index contributed by atoms with van der Waals surface area (Å²) >= 11 is 1.29. The lowest BCUT2D eigenvalue weighted by Gasteiger charge is -2.29. The van der Waals surface area contributed by atoms with Gasteiger partial charge in [-0.05, 0) is 18.6 Å². The molecule has 0 radical (unpaired) electrons. The Balaban J connectivity index is 1.30. The molecule has 2 aliphatic rings.